The zero-order valence-corrected chi connectivity index (χ0v) is 14.6. The number of amides is 1. The molecule has 132 valence electrons. The van der Waals surface area contributed by atoms with Gasteiger partial charge in [-0.25, -0.2) is 13.4 Å². The number of sulfone groups is 1. The molecule has 2 aromatic rings. The van der Waals surface area contributed by atoms with Crippen molar-refractivity contribution in [1.82, 2.24) is 9.88 Å². The van der Waals surface area contributed by atoms with E-state index < -0.39 is 9.84 Å². The van der Waals surface area contributed by atoms with E-state index in [1.807, 2.05) is 0 Å². The first-order valence-electron chi connectivity index (χ1n) is 7.83. The van der Waals surface area contributed by atoms with Gasteiger partial charge in [0.25, 0.3) is 0 Å². The van der Waals surface area contributed by atoms with Crippen molar-refractivity contribution >= 4 is 21.4 Å². The highest BCUT2D eigenvalue weighted by molar-refractivity contribution is 7.90. The highest BCUT2D eigenvalue weighted by atomic mass is 32.2. The lowest BCUT2D eigenvalue weighted by Crippen LogP contribution is -2.24. The predicted molar refractivity (Wildman–Crippen MR) is 92.9 cm³/mol. The highest BCUT2D eigenvalue weighted by Gasteiger charge is 2.21. The minimum Gasteiger partial charge on any atom is -0.455 e. The summed E-state index contributed by atoms with van der Waals surface area (Å²) in [6, 6.07) is 8.16. The molecule has 1 aromatic carbocycles. The van der Waals surface area contributed by atoms with Crippen LogP contribution in [0.4, 0.5) is 5.69 Å². The fourth-order valence-corrected chi connectivity index (χ4v) is 3.23. The molecule has 1 aromatic heterocycles. The van der Waals surface area contributed by atoms with E-state index >= 15 is 0 Å². The Balaban J connectivity index is 1.83. The number of rotatable bonds is 5. The SMILES string of the molecule is CS(=O)(=O)c1ccc(Oc2ccc(N)cc2CN2CCCC2=O)cn1. The smallest absolute Gasteiger partial charge is 0.222 e. The molecule has 1 aliphatic heterocycles. The van der Waals surface area contributed by atoms with Gasteiger partial charge in [0, 0.05) is 37.0 Å². The summed E-state index contributed by atoms with van der Waals surface area (Å²) < 4.78 is 28.8. The molecule has 0 unspecified atom stereocenters. The fraction of sp³-hybridized carbons (Fsp3) is 0.294. The van der Waals surface area contributed by atoms with Crippen LogP contribution >= 0.6 is 0 Å². The number of hydrogen-bond acceptors (Lipinski definition) is 6. The third kappa shape index (κ3) is 4.08. The van der Waals surface area contributed by atoms with E-state index in [4.69, 9.17) is 10.5 Å². The monoisotopic (exact) mass is 361 g/mol. The van der Waals surface area contributed by atoms with Gasteiger partial charge in [0.1, 0.15) is 11.5 Å². The molecule has 1 fully saturated rings. The maximum Gasteiger partial charge on any atom is 0.222 e. The lowest BCUT2D eigenvalue weighted by Gasteiger charge is -2.18. The molecule has 0 aliphatic carbocycles. The third-order valence-corrected chi connectivity index (χ3v) is 4.94. The minimum atomic E-state index is -3.36. The number of nitrogens with zero attached hydrogens (tertiary/aromatic N) is 2. The average Bonchev–Trinajstić information content (AvgIpc) is 2.95. The van der Waals surface area contributed by atoms with Crippen molar-refractivity contribution in [2.45, 2.75) is 24.4 Å². The quantitative estimate of drug-likeness (QED) is 0.817. The molecule has 1 amide bonds. The number of anilines is 1. The summed E-state index contributed by atoms with van der Waals surface area (Å²) in [6.45, 7) is 1.14. The summed E-state index contributed by atoms with van der Waals surface area (Å²) in [7, 11) is -3.36. The third-order valence-electron chi connectivity index (χ3n) is 3.93. The number of likely N-dealkylation sites (tertiary alicyclic amines) is 1. The Morgan fingerprint density at radius 3 is 2.68 bits per heavy atom. The fourth-order valence-electron chi connectivity index (χ4n) is 2.67. The Kier molecular flexibility index (Phi) is 4.63. The summed E-state index contributed by atoms with van der Waals surface area (Å²) >= 11 is 0. The number of benzene rings is 1. The van der Waals surface area contributed by atoms with E-state index in [2.05, 4.69) is 4.98 Å². The molecular formula is C17H19N3O4S. The van der Waals surface area contributed by atoms with Crippen LogP contribution in [0, 0.1) is 0 Å². The van der Waals surface area contributed by atoms with Crippen molar-refractivity contribution in [2.75, 3.05) is 18.5 Å². The molecule has 0 saturated carbocycles. The van der Waals surface area contributed by atoms with Gasteiger partial charge in [0.2, 0.25) is 5.91 Å². The van der Waals surface area contributed by atoms with Gasteiger partial charge in [-0.15, -0.1) is 0 Å². The molecule has 0 atom stereocenters. The first kappa shape index (κ1) is 17.2. The topological polar surface area (TPSA) is 103 Å². The summed E-state index contributed by atoms with van der Waals surface area (Å²) in [4.78, 5) is 17.5. The van der Waals surface area contributed by atoms with Gasteiger partial charge in [-0.1, -0.05) is 0 Å². The van der Waals surface area contributed by atoms with Crippen LogP contribution in [0.25, 0.3) is 0 Å². The number of nitrogens with two attached hydrogens (primary N) is 1. The number of carbonyl (C=O) groups excluding carboxylic acids is 1. The van der Waals surface area contributed by atoms with Crippen LogP contribution in [-0.4, -0.2) is 37.0 Å². The number of pyridine rings is 1. The lowest BCUT2D eigenvalue weighted by atomic mass is 10.1. The van der Waals surface area contributed by atoms with E-state index in [0.717, 1.165) is 24.8 Å². The van der Waals surface area contributed by atoms with Gasteiger partial charge in [0.15, 0.2) is 14.9 Å². The molecule has 3 rings (SSSR count). The van der Waals surface area contributed by atoms with Gasteiger partial charge >= 0.3 is 0 Å². The Bertz CT molecular complexity index is 895. The van der Waals surface area contributed by atoms with Crippen molar-refractivity contribution in [3.8, 4) is 11.5 Å². The molecular weight excluding hydrogens is 342 g/mol. The highest BCUT2D eigenvalue weighted by Crippen LogP contribution is 2.29. The van der Waals surface area contributed by atoms with Crippen LogP contribution in [0.1, 0.15) is 18.4 Å². The molecule has 8 heteroatoms. The van der Waals surface area contributed by atoms with Crippen LogP contribution < -0.4 is 10.5 Å². The number of nitrogen functional groups attached to an aromatic ring is 1. The number of hydrogen-bond donors (Lipinski definition) is 1. The van der Waals surface area contributed by atoms with Crippen LogP contribution in [-0.2, 0) is 21.2 Å². The zero-order chi connectivity index (χ0) is 18.0. The van der Waals surface area contributed by atoms with Gasteiger partial charge in [0.05, 0.1) is 6.20 Å². The summed E-state index contributed by atoms with van der Waals surface area (Å²) in [6.07, 6.45) is 3.88. The summed E-state index contributed by atoms with van der Waals surface area (Å²) in [5.41, 5.74) is 7.24. The van der Waals surface area contributed by atoms with Crippen molar-refractivity contribution in [3.05, 3.63) is 42.1 Å². The van der Waals surface area contributed by atoms with E-state index in [-0.39, 0.29) is 10.9 Å². The summed E-state index contributed by atoms with van der Waals surface area (Å²) in [5, 5.41) is -0.0138. The lowest BCUT2D eigenvalue weighted by molar-refractivity contribution is -0.128. The molecule has 0 spiro atoms. The largest absolute Gasteiger partial charge is 0.455 e. The molecule has 25 heavy (non-hydrogen) atoms. The normalized spacial score (nSPS) is 14.8. The van der Waals surface area contributed by atoms with Gasteiger partial charge in [-0.3, -0.25) is 4.79 Å². The van der Waals surface area contributed by atoms with Crippen LogP contribution in [0.2, 0.25) is 0 Å². The van der Waals surface area contributed by atoms with Crippen LogP contribution in [0.15, 0.2) is 41.6 Å². The second-order valence-electron chi connectivity index (χ2n) is 5.99. The Labute approximate surface area is 146 Å². The standard InChI is InChI=1S/C17H19N3O4S/c1-25(22,23)16-7-5-14(10-19-16)24-15-6-4-13(18)9-12(15)11-20-8-2-3-17(20)21/h4-7,9-10H,2-3,8,11,18H2,1H3. The van der Waals surface area contributed by atoms with E-state index in [9.17, 15) is 13.2 Å². The van der Waals surface area contributed by atoms with E-state index in [1.54, 1.807) is 29.2 Å². The number of carbonyl (C=O) groups is 1. The molecule has 0 bridgehead atoms. The number of aromatic nitrogens is 1. The Morgan fingerprint density at radius 1 is 1.28 bits per heavy atom. The summed E-state index contributed by atoms with van der Waals surface area (Å²) in [5.74, 6) is 1.08. The maximum atomic E-state index is 11.9. The minimum absolute atomic E-state index is 0.0138. The molecule has 0 radical (unpaired) electrons. The molecule has 1 aliphatic rings. The van der Waals surface area contributed by atoms with Crippen molar-refractivity contribution < 1.29 is 17.9 Å². The molecule has 1 saturated heterocycles. The first-order chi connectivity index (χ1) is 11.8. The van der Waals surface area contributed by atoms with Crippen molar-refractivity contribution in [3.63, 3.8) is 0 Å². The molecule has 2 heterocycles. The van der Waals surface area contributed by atoms with Gasteiger partial charge < -0.3 is 15.4 Å². The van der Waals surface area contributed by atoms with Crippen molar-refractivity contribution in [1.29, 1.82) is 0 Å². The second-order valence-corrected chi connectivity index (χ2v) is 7.95. The second kappa shape index (κ2) is 6.72. The number of ether oxygens (including phenoxy) is 1. The van der Waals surface area contributed by atoms with E-state index in [0.29, 0.717) is 30.2 Å². The average molecular weight is 361 g/mol. The Morgan fingerprint density at radius 2 is 2.08 bits per heavy atom. The molecule has 7 nitrogen and oxygen atoms in total. The van der Waals surface area contributed by atoms with Crippen LogP contribution in [0.3, 0.4) is 0 Å². The predicted octanol–water partition coefficient (Wildman–Crippen LogP) is 1.98. The van der Waals surface area contributed by atoms with E-state index in [1.165, 1.54) is 12.3 Å². The van der Waals surface area contributed by atoms with Crippen LogP contribution in [0.5, 0.6) is 11.5 Å². The Hall–Kier alpha value is -2.61. The molecule has 2 N–H and O–H groups in total. The van der Waals surface area contributed by atoms with Gasteiger partial charge in [-0.2, -0.15) is 0 Å². The van der Waals surface area contributed by atoms with Gasteiger partial charge in [-0.05, 0) is 36.8 Å². The maximum absolute atomic E-state index is 11.9. The zero-order valence-electron chi connectivity index (χ0n) is 13.8. The first-order valence-corrected chi connectivity index (χ1v) is 9.72. The van der Waals surface area contributed by atoms with Crippen molar-refractivity contribution in [2.24, 2.45) is 0 Å².